The van der Waals surface area contributed by atoms with Gasteiger partial charge in [0, 0.05) is 11.4 Å². The van der Waals surface area contributed by atoms with E-state index in [0.717, 1.165) is 5.69 Å². The van der Waals surface area contributed by atoms with Gasteiger partial charge in [-0.25, -0.2) is 4.98 Å². The molecule has 0 spiro atoms. The van der Waals surface area contributed by atoms with E-state index in [9.17, 15) is 14.4 Å². The summed E-state index contributed by atoms with van der Waals surface area (Å²) in [5.74, 6) is -0.539. The zero-order valence-corrected chi connectivity index (χ0v) is 23.4. The van der Waals surface area contributed by atoms with Gasteiger partial charge in [0.1, 0.15) is 11.4 Å². The first-order valence-corrected chi connectivity index (χ1v) is 13.4. The third kappa shape index (κ3) is 4.27. The first-order valence-electron chi connectivity index (χ1n) is 13.0. The Hall–Kier alpha value is -5.15. The number of fused-ring (bicyclic) bond motifs is 1. The highest BCUT2D eigenvalue weighted by atomic mass is 32.1. The summed E-state index contributed by atoms with van der Waals surface area (Å²) in [6, 6.07) is 27.1. The van der Waals surface area contributed by atoms with E-state index in [1.807, 2.05) is 62.4 Å². The van der Waals surface area contributed by atoms with Crippen LogP contribution in [0.3, 0.4) is 0 Å². The molecule has 0 bridgehead atoms. The largest absolute Gasteiger partial charge is 0.280 e. The molecule has 1 saturated heterocycles. The summed E-state index contributed by atoms with van der Waals surface area (Å²) in [6.07, 6.45) is 1.58. The quantitative estimate of drug-likeness (QED) is 0.172. The number of amides is 2. The molecule has 2 aromatic heterocycles. The van der Waals surface area contributed by atoms with Crippen molar-refractivity contribution in [1.82, 2.24) is 14.3 Å². The van der Waals surface area contributed by atoms with Crippen LogP contribution in [0.4, 0.5) is 11.4 Å². The fourth-order valence-corrected chi connectivity index (χ4v) is 5.57. The van der Waals surface area contributed by atoms with Gasteiger partial charge in [-0.05, 0) is 87.1 Å². The number of rotatable bonds is 4. The van der Waals surface area contributed by atoms with Crippen LogP contribution in [0.5, 0.6) is 0 Å². The molecule has 8 nitrogen and oxygen atoms in total. The van der Waals surface area contributed by atoms with Crippen LogP contribution >= 0.6 is 12.2 Å². The van der Waals surface area contributed by atoms with E-state index in [-0.39, 0.29) is 16.2 Å². The van der Waals surface area contributed by atoms with Gasteiger partial charge in [0.15, 0.2) is 5.11 Å². The van der Waals surface area contributed by atoms with Crippen LogP contribution in [0, 0.1) is 20.8 Å². The monoisotopic (exact) mass is 559 g/mol. The minimum atomic E-state index is -0.524. The summed E-state index contributed by atoms with van der Waals surface area (Å²) in [7, 11) is 0. The first kappa shape index (κ1) is 26.1. The van der Waals surface area contributed by atoms with Gasteiger partial charge in [0.2, 0.25) is 0 Å². The van der Waals surface area contributed by atoms with Gasteiger partial charge in [-0.2, -0.15) is 4.68 Å². The number of nitrogens with zero attached hydrogens (tertiary/aromatic N) is 5. The van der Waals surface area contributed by atoms with E-state index in [1.165, 1.54) is 14.5 Å². The summed E-state index contributed by atoms with van der Waals surface area (Å²) in [5.41, 5.74) is 3.49. The molecule has 0 saturated carbocycles. The Labute approximate surface area is 241 Å². The summed E-state index contributed by atoms with van der Waals surface area (Å²) in [6.45, 7) is 5.48. The van der Waals surface area contributed by atoms with Gasteiger partial charge in [-0.3, -0.25) is 28.9 Å². The number of aryl methyl sites for hydroxylation is 2. The summed E-state index contributed by atoms with van der Waals surface area (Å²) < 4.78 is 3.27. The molecule has 3 heterocycles. The molecule has 202 valence electrons. The smallest absolute Gasteiger partial charge is 0.268 e. The minimum Gasteiger partial charge on any atom is -0.268 e. The van der Waals surface area contributed by atoms with Crippen molar-refractivity contribution in [1.29, 1.82) is 0 Å². The maximum atomic E-state index is 13.9. The zero-order valence-electron chi connectivity index (χ0n) is 22.6. The summed E-state index contributed by atoms with van der Waals surface area (Å²) >= 11 is 5.70. The SMILES string of the molecule is Cc1cc(C=C2C(=O)N(c3ccccc3)C(=S)N(c3ccccc3)C2=O)c(C)n1-n1c(C)nc2ccccc2c1=O. The normalized spacial score (nSPS) is 13.8. The lowest BCUT2D eigenvalue weighted by atomic mass is 10.1. The molecule has 6 rings (SSSR count). The van der Waals surface area contributed by atoms with E-state index < -0.39 is 11.8 Å². The highest BCUT2D eigenvalue weighted by molar-refractivity contribution is 7.81. The van der Waals surface area contributed by atoms with Crippen LogP contribution in [0.2, 0.25) is 0 Å². The van der Waals surface area contributed by atoms with Gasteiger partial charge >= 0.3 is 0 Å². The molecule has 0 atom stereocenters. The van der Waals surface area contributed by atoms with Crippen molar-refractivity contribution in [2.24, 2.45) is 0 Å². The van der Waals surface area contributed by atoms with E-state index in [1.54, 1.807) is 60.1 Å². The number of para-hydroxylation sites is 3. The van der Waals surface area contributed by atoms with Gasteiger partial charge in [0.05, 0.1) is 22.3 Å². The molecule has 0 unspecified atom stereocenters. The number of hydrogen-bond donors (Lipinski definition) is 0. The van der Waals surface area contributed by atoms with E-state index >= 15 is 0 Å². The zero-order chi connectivity index (χ0) is 28.8. The lowest BCUT2D eigenvalue weighted by Crippen LogP contribution is -2.56. The second-order valence-electron chi connectivity index (χ2n) is 9.72. The molecular weight excluding hydrogens is 534 g/mol. The fraction of sp³-hybridized carbons (Fsp3) is 0.0938. The molecule has 1 aliphatic rings. The molecule has 0 N–H and O–H groups in total. The third-order valence-electron chi connectivity index (χ3n) is 7.13. The van der Waals surface area contributed by atoms with Crippen molar-refractivity contribution in [3.05, 3.63) is 130 Å². The topological polar surface area (TPSA) is 80.4 Å². The molecule has 5 aromatic rings. The van der Waals surface area contributed by atoms with Gasteiger partial charge in [0.25, 0.3) is 17.4 Å². The predicted molar refractivity (Wildman–Crippen MR) is 164 cm³/mol. The van der Waals surface area contributed by atoms with Crippen molar-refractivity contribution < 1.29 is 9.59 Å². The Balaban J connectivity index is 1.52. The van der Waals surface area contributed by atoms with Crippen LogP contribution < -0.4 is 15.4 Å². The second kappa shape index (κ2) is 10.1. The molecule has 9 heteroatoms. The number of thiocarbonyl (C=S) groups is 1. The molecule has 1 fully saturated rings. The Bertz CT molecular complexity index is 1900. The fourth-order valence-electron chi connectivity index (χ4n) is 5.20. The molecule has 3 aromatic carbocycles. The number of aromatic nitrogens is 3. The van der Waals surface area contributed by atoms with E-state index in [0.29, 0.717) is 39.4 Å². The highest BCUT2D eigenvalue weighted by Gasteiger charge is 2.41. The average Bonchev–Trinajstić information content (AvgIpc) is 3.24. The number of benzene rings is 3. The van der Waals surface area contributed by atoms with E-state index in [4.69, 9.17) is 12.2 Å². The van der Waals surface area contributed by atoms with Crippen LogP contribution in [0.1, 0.15) is 22.8 Å². The molecule has 0 aliphatic carbocycles. The summed E-state index contributed by atoms with van der Waals surface area (Å²) in [4.78, 5) is 48.7. The van der Waals surface area contributed by atoms with Crippen molar-refractivity contribution in [2.45, 2.75) is 20.8 Å². The lowest BCUT2D eigenvalue weighted by molar-refractivity contribution is -0.120. The first-order chi connectivity index (χ1) is 19.8. The van der Waals surface area contributed by atoms with Crippen LogP contribution in [-0.2, 0) is 9.59 Å². The van der Waals surface area contributed by atoms with Crippen LogP contribution in [0.15, 0.2) is 101 Å². The standard InChI is InChI=1S/C32H25N5O3S/c1-20-18-23(21(2)36(20)37-22(3)33-28-17-11-10-16-26(28)31(37)40)19-27-29(38)34(24-12-6-4-7-13-24)32(41)35(30(27)39)25-14-8-5-9-15-25/h4-19H,1-3H3. The minimum absolute atomic E-state index is 0.0488. The lowest BCUT2D eigenvalue weighted by Gasteiger charge is -2.36. The predicted octanol–water partition coefficient (Wildman–Crippen LogP) is 5.18. The Morgan fingerprint density at radius 2 is 1.24 bits per heavy atom. The van der Waals surface area contributed by atoms with Crippen LogP contribution in [-0.4, -0.2) is 31.3 Å². The Morgan fingerprint density at radius 1 is 0.707 bits per heavy atom. The number of anilines is 2. The van der Waals surface area contributed by atoms with Crippen LogP contribution in [0.25, 0.3) is 17.0 Å². The highest BCUT2D eigenvalue weighted by Crippen LogP contribution is 2.30. The molecule has 41 heavy (non-hydrogen) atoms. The average molecular weight is 560 g/mol. The van der Waals surface area contributed by atoms with Gasteiger partial charge in [-0.1, -0.05) is 48.5 Å². The third-order valence-corrected chi connectivity index (χ3v) is 7.49. The molecule has 1 aliphatic heterocycles. The molecule has 2 amide bonds. The van der Waals surface area contributed by atoms with Crippen molar-refractivity contribution in [3.8, 4) is 0 Å². The van der Waals surface area contributed by atoms with Crippen molar-refractivity contribution in [2.75, 3.05) is 9.80 Å². The number of hydrogen-bond acceptors (Lipinski definition) is 5. The maximum Gasteiger partial charge on any atom is 0.280 e. The number of carbonyl (C=O) groups excluding carboxylic acids is 2. The summed E-state index contributed by atoms with van der Waals surface area (Å²) in [5, 5.41) is 0.568. The molecular formula is C32H25N5O3S. The Morgan fingerprint density at radius 3 is 1.83 bits per heavy atom. The van der Waals surface area contributed by atoms with Gasteiger partial charge in [-0.15, -0.1) is 0 Å². The van der Waals surface area contributed by atoms with Gasteiger partial charge < -0.3 is 0 Å². The Kier molecular flexibility index (Phi) is 6.43. The number of carbonyl (C=O) groups is 2. The molecule has 0 radical (unpaired) electrons. The van der Waals surface area contributed by atoms with E-state index in [2.05, 4.69) is 4.98 Å². The maximum absolute atomic E-state index is 13.9. The van der Waals surface area contributed by atoms with Crippen molar-refractivity contribution in [3.63, 3.8) is 0 Å². The second-order valence-corrected chi connectivity index (χ2v) is 10.1. The van der Waals surface area contributed by atoms with Crippen molar-refractivity contribution >= 4 is 57.5 Å².